The fourth-order valence-electron chi connectivity index (χ4n) is 0.588. The van der Waals surface area contributed by atoms with Crippen molar-refractivity contribution in [2.45, 2.75) is 0 Å². The SMILES string of the molecule is NC(=Cc1ccco1)C(=O)O. The molecule has 4 heteroatoms. The molecule has 0 aliphatic carbocycles. The molecule has 0 aliphatic rings. The monoisotopic (exact) mass is 153 g/mol. The average Bonchev–Trinajstić information content (AvgIpc) is 2.39. The second kappa shape index (κ2) is 2.92. The smallest absolute Gasteiger partial charge is 0.351 e. The Morgan fingerprint density at radius 2 is 2.45 bits per heavy atom. The van der Waals surface area contributed by atoms with Gasteiger partial charge < -0.3 is 15.3 Å². The number of hydrogen-bond donors (Lipinski definition) is 2. The highest BCUT2D eigenvalue weighted by Crippen LogP contribution is 2.03. The van der Waals surface area contributed by atoms with E-state index < -0.39 is 5.97 Å². The zero-order chi connectivity index (χ0) is 8.27. The summed E-state index contributed by atoms with van der Waals surface area (Å²) in [6, 6.07) is 3.27. The van der Waals surface area contributed by atoms with E-state index in [-0.39, 0.29) is 5.70 Å². The van der Waals surface area contributed by atoms with Crippen molar-refractivity contribution in [3.8, 4) is 0 Å². The molecule has 3 N–H and O–H groups in total. The van der Waals surface area contributed by atoms with E-state index >= 15 is 0 Å². The summed E-state index contributed by atoms with van der Waals surface area (Å²) < 4.78 is 4.83. The second-order valence-electron chi connectivity index (χ2n) is 1.92. The summed E-state index contributed by atoms with van der Waals surface area (Å²) in [5.74, 6) is -0.716. The standard InChI is InChI=1S/C7H7NO3/c8-6(7(9)10)4-5-2-1-3-11-5/h1-4H,8H2,(H,9,10). The van der Waals surface area contributed by atoms with E-state index in [2.05, 4.69) is 0 Å². The fourth-order valence-corrected chi connectivity index (χ4v) is 0.588. The maximum Gasteiger partial charge on any atom is 0.351 e. The Morgan fingerprint density at radius 3 is 2.91 bits per heavy atom. The molecular weight excluding hydrogens is 146 g/mol. The van der Waals surface area contributed by atoms with E-state index in [1.54, 1.807) is 12.1 Å². The molecule has 0 bridgehead atoms. The van der Waals surface area contributed by atoms with Crippen molar-refractivity contribution in [2.24, 2.45) is 5.73 Å². The molecule has 0 saturated carbocycles. The Kier molecular flexibility index (Phi) is 1.96. The van der Waals surface area contributed by atoms with Crippen LogP contribution < -0.4 is 5.73 Å². The predicted octanol–water partition coefficient (Wildman–Crippen LogP) is 0.664. The van der Waals surface area contributed by atoms with Crippen LogP contribution in [0.15, 0.2) is 28.5 Å². The molecule has 11 heavy (non-hydrogen) atoms. The number of nitrogens with two attached hydrogens (primary N) is 1. The summed E-state index contributed by atoms with van der Waals surface area (Å²) in [7, 11) is 0. The van der Waals surface area contributed by atoms with Crippen molar-refractivity contribution in [1.29, 1.82) is 0 Å². The predicted molar refractivity (Wildman–Crippen MR) is 38.5 cm³/mol. The summed E-state index contributed by atoms with van der Waals surface area (Å²) in [6.07, 6.45) is 2.70. The topological polar surface area (TPSA) is 76.5 Å². The minimum Gasteiger partial charge on any atom is -0.477 e. The van der Waals surface area contributed by atoms with E-state index in [1.165, 1.54) is 12.3 Å². The minimum absolute atomic E-state index is 0.236. The van der Waals surface area contributed by atoms with Crippen LogP contribution >= 0.6 is 0 Å². The van der Waals surface area contributed by atoms with Crippen LogP contribution in [0.3, 0.4) is 0 Å². The lowest BCUT2D eigenvalue weighted by atomic mass is 10.3. The van der Waals surface area contributed by atoms with E-state index in [1.807, 2.05) is 0 Å². The first-order valence-corrected chi connectivity index (χ1v) is 2.94. The van der Waals surface area contributed by atoms with E-state index in [0.717, 1.165) is 0 Å². The van der Waals surface area contributed by atoms with E-state index in [9.17, 15) is 4.79 Å². The lowest BCUT2D eigenvalue weighted by molar-refractivity contribution is -0.132. The average molecular weight is 153 g/mol. The fraction of sp³-hybridized carbons (Fsp3) is 0. The van der Waals surface area contributed by atoms with Gasteiger partial charge in [0.1, 0.15) is 11.5 Å². The lowest BCUT2D eigenvalue weighted by Crippen LogP contribution is -2.08. The molecule has 0 unspecified atom stereocenters. The number of rotatable bonds is 2. The molecule has 1 aromatic rings. The van der Waals surface area contributed by atoms with Crippen molar-refractivity contribution in [1.82, 2.24) is 0 Å². The van der Waals surface area contributed by atoms with Crippen molar-refractivity contribution < 1.29 is 14.3 Å². The zero-order valence-electron chi connectivity index (χ0n) is 5.65. The van der Waals surface area contributed by atoms with Gasteiger partial charge in [0, 0.05) is 6.08 Å². The van der Waals surface area contributed by atoms with Crippen molar-refractivity contribution in [3.05, 3.63) is 29.9 Å². The molecule has 0 fully saturated rings. The summed E-state index contributed by atoms with van der Waals surface area (Å²) >= 11 is 0. The summed E-state index contributed by atoms with van der Waals surface area (Å²) in [6.45, 7) is 0. The third kappa shape index (κ3) is 1.86. The molecule has 1 rings (SSSR count). The molecular formula is C7H7NO3. The lowest BCUT2D eigenvalue weighted by Gasteiger charge is -1.89. The number of carbonyl (C=O) groups is 1. The van der Waals surface area contributed by atoms with Gasteiger partial charge in [0.25, 0.3) is 0 Å². The molecule has 0 aliphatic heterocycles. The first kappa shape index (κ1) is 7.40. The number of hydrogen-bond acceptors (Lipinski definition) is 3. The summed E-state index contributed by atoms with van der Waals surface area (Å²) in [5, 5.41) is 8.35. The first-order valence-electron chi connectivity index (χ1n) is 2.94. The Labute approximate surface area is 62.9 Å². The Hall–Kier alpha value is -1.71. The minimum atomic E-state index is -1.15. The van der Waals surface area contributed by atoms with Crippen LogP contribution in [0.25, 0.3) is 6.08 Å². The maximum absolute atomic E-state index is 10.2. The highest BCUT2D eigenvalue weighted by Gasteiger charge is 2.00. The van der Waals surface area contributed by atoms with Gasteiger partial charge in [-0.25, -0.2) is 4.79 Å². The van der Waals surface area contributed by atoms with Crippen LogP contribution in [0.5, 0.6) is 0 Å². The van der Waals surface area contributed by atoms with Crippen LogP contribution in [0, 0.1) is 0 Å². The molecule has 0 amide bonds. The van der Waals surface area contributed by atoms with Gasteiger partial charge >= 0.3 is 5.97 Å². The molecule has 0 saturated heterocycles. The molecule has 1 aromatic heterocycles. The molecule has 4 nitrogen and oxygen atoms in total. The molecule has 0 radical (unpaired) electrons. The third-order valence-electron chi connectivity index (χ3n) is 1.09. The molecule has 1 heterocycles. The van der Waals surface area contributed by atoms with Gasteiger partial charge in [0.15, 0.2) is 0 Å². The summed E-state index contributed by atoms with van der Waals surface area (Å²) in [5.41, 5.74) is 4.87. The number of furan rings is 1. The van der Waals surface area contributed by atoms with Crippen molar-refractivity contribution in [3.63, 3.8) is 0 Å². The normalized spacial score (nSPS) is 11.5. The van der Waals surface area contributed by atoms with Gasteiger partial charge in [-0.1, -0.05) is 0 Å². The Balaban J connectivity index is 2.82. The number of carboxylic acids is 1. The molecule has 0 atom stereocenters. The highest BCUT2D eigenvalue weighted by atomic mass is 16.4. The van der Waals surface area contributed by atoms with Crippen LogP contribution in [0.2, 0.25) is 0 Å². The van der Waals surface area contributed by atoms with E-state index in [4.69, 9.17) is 15.3 Å². The van der Waals surface area contributed by atoms with Crippen molar-refractivity contribution >= 4 is 12.0 Å². The van der Waals surface area contributed by atoms with Crippen LogP contribution in [-0.2, 0) is 4.79 Å². The largest absolute Gasteiger partial charge is 0.477 e. The first-order chi connectivity index (χ1) is 5.20. The Bertz CT molecular complexity index is 274. The quantitative estimate of drug-likeness (QED) is 0.612. The van der Waals surface area contributed by atoms with Crippen molar-refractivity contribution in [2.75, 3.05) is 0 Å². The molecule has 58 valence electrons. The summed E-state index contributed by atoms with van der Waals surface area (Å²) in [4.78, 5) is 10.2. The van der Waals surface area contributed by atoms with Crippen LogP contribution in [-0.4, -0.2) is 11.1 Å². The van der Waals surface area contributed by atoms with Crippen LogP contribution in [0.4, 0.5) is 0 Å². The number of carboxylic acid groups (broad SMARTS) is 1. The van der Waals surface area contributed by atoms with Gasteiger partial charge in [-0.15, -0.1) is 0 Å². The van der Waals surface area contributed by atoms with Gasteiger partial charge in [0.2, 0.25) is 0 Å². The van der Waals surface area contributed by atoms with Crippen LogP contribution in [0.1, 0.15) is 5.76 Å². The molecule has 0 spiro atoms. The number of aliphatic carboxylic acids is 1. The van der Waals surface area contributed by atoms with Gasteiger partial charge in [-0.2, -0.15) is 0 Å². The second-order valence-corrected chi connectivity index (χ2v) is 1.92. The molecule has 0 aromatic carbocycles. The highest BCUT2D eigenvalue weighted by molar-refractivity contribution is 5.90. The zero-order valence-corrected chi connectivity index (χ0v) is 5.65. The van der Waals surface area contributed by atoms with Gasteiger partial charge in [-0.3, -0.25) is 0 Å². The van der Waals surface area contributed by atoms with Gasteiger partial charge in [0.05, 0.1) is 6.26 Å². The third-order valence-corrected chi connectivity index (χ3v) is 1.09. The van der Waals surface area contributed by atoms with Gasteiger partial charge in [-0.05, 0) is 12.1 Å². The maximum atomic E-state index is 10.2. The Morgan fingerprint density at radius 1 is 1.73 bits per heavy atom. The van der Waals surface area contributed by atoms with E-state index in [0.29, 0.717) is 5.76 Å².